The number of carbonyl (C=O) groups is 2. The number of anilines is 1. The minimum Gasteiger partial charge on any atom is -0.462 e. The molecule has 0 saturated heterocycles. The van der Waals surface area contributed by atoms with Gasteiger partial charge in [0, 0.05) is 17.9 Å². The highest BCUT2D eigenvalue weighted by atomic mass is 32.2. The first kappa shape index (κ1) is 25.7. The van der Waals surface area contributed by atoms with E-state index in [1.807, 2.05) is 32.9 Å². The molecule has 0 saturated carbocycles. The van der Waals surface area contributed by atoms with Gasteiger partial charge in [-0.05, 0) is 56.2 Å². The van der Waals surface area contributed by atoms with Gasteiger partial charge >= 0.3 is 5.97 Å². The Morgan fingerprint density at radius 2 is 1.95 bits per heavy atom. The third-order valence-electron chi connectivity index (χ3n) is 6.51. The summed E-state index contributed by atoms with van der Waals surface area (Å²) in [5.41, 5.74) is 4.38. The van der Waals surface area contributed by atoms with Crippen molar-refractivity contribution >= 4 is 40.4 Å². The molecule has 1 aliphatic heterocycles. The number of fused-ring (bicyclic) bond motifs is 2. The number of aromatic nitrogens is 4. The molecule has 0 radical (unpaired) electrons. The van der Waals surface area contributed by atoms with E-state index in [-0.39, 0.29) is 29.9 Å². The number of rotatable bonds is 8. The van der Waals surface area contributed by atoms with Crippen LogP contribution >= 0.6 is 11.8 Å². The number of aryl methyl sites for hydroxylation is 2. The Labute approximate surface area is 224 Å². The van der Waals surface area contributed by atoms with Crippen LogP contribution in [0, 0.1) is 13.8 Å². The number of amides is 1. The largest absolute Gasteiger partial charge is 0.462 e. The number of benzene rings is 2. The zero-order valence-electron chi connectivity index (χ0n) is 21.6. The highest BCUT2D eigenvalue weighted by molar-refractivity contribution is 7.99. The zero-order valence-corrected chi connectivity index (χ0v) is 22.4. The molecule has 1 amide bonds. The van der Waals surface area contributed by atoms with Crippen molar-refractivity contribution in [3.05, 3.63) is 75.7 Å². The third-order valence-corrected chi connectivity index (χ3v) is 7.61. The first-order valence-electron chi connectivity index (χ1n) is 12.6. The van der Waals surface area contributed by atoms with Crippen LogP contribution in [0.3, 0.4) is 0 Å². The number of thioether (sulfide) groups is 1. The summed E-state index contributed by atoms with van der Waals surface area (Å²) in [5, 5.41) is 8.32. The zero-order chi connectivity index (χ0) is 26.8. The molecule has 0 bridgehead atoms. The molecule has 10 heteroatoms. The minimum atomic E-state index is -0.380. The van der Waals surface area contributed by atoms with Gasteiger partial charge in [-0.25, -0.2) is 14.5 Å². The monoisotopic (exact) mass is 531 g/mol. The van der Waals surface area contributed by atoms with Crippen molar-refractivity contribution in [3.63, 3.8) is 0 Å². The molecule has 1 atom stereocenters. The molecule has 9 nitrogen and oxygen atoms in total. The number of hydrogen-bond donors (Lipinski definition) is 1. The Morgan fingerprint density at radius 3 is 2.68 bits per heavy atom. The number of unbranched alkanes of at least 4 members (excludes halogenated alkanes) is 1. The van der Waals surface area contributed by atoms with Crippen molar-refractivity contribution in [2.45, 2.75) is 51.2 Å². The van der Waals surface area contributed by atoms with E-state index >= 15 is 0 Å². The van der Waals surface area contributed by atoms with E-state index in [2.05, 4.69) is 16.5 Å². The molecule has 0 aliphatic carbocycles. The van der Waals surface area contributed by atoms with Crippen LogP contribution in [0.5, 0.6) is 0 Å². The Balaban J connectivity index is 1.30. The second-order valence-corrected chi connectivity index (χ2v) is 10.4. The van der Waals surface area contributed by atoms with E-state index < -0.39 is 0 Å². The van der Waals surface area contributed by atoms with Gasteiger partial charge in [0.1, 0.15) is 5.39 Å². The number of carbonyl (C=O) groups excluding carboxylic acids is 2. The Bertz CT molecular complexity index is 1570. The van der Waals surface area contributed by atoms with Gasteiger partial charge in [0.25, 0.3) is 5.56 Å². The smallest absolute Gasteiger partial charge is 0.338 e. The number of esters is 1. The molecular formula is C28H29N5O4S. The molecule has 0 fully saturated rings. The van der Waals surface area contributed by atoms with Crippen molar-refractivity contribution in [3.8, 4) is 5.69 Å². The van der Waals surface area contributed by atoms with Crippen LogP contribution < -0.4 is 10.9 Å². The van der Waals surface area contributed by atoms with E-state index in [1.165, 1.54) is 11.8 Å². The molecule has 1 aliphatic rings. The molecule has 38 heavy (non-hydrogen) atoms. The first-order valence-corrected chi connectivity index (χ1v) is 13.6. The molecule has 0 spiro atoms. The lowest BCUT2D eigenvalue weighted by atomic mass is 10.1. The predicted molar refractivity (Wildman–Crippen MR) is 147 cm³/mol. The van der Waals surface area contributed by atoms with Gasteiger partial charge in [0.15, 0.2) is 10.8 Å². The van der Waals surface area contributed by atoms with Crippen LogP contribution in [-0.4, -0.2) is 43.6 Å². The summed E-state index contributed by atoms with van der Waals surface area (Å²) in [4.78, 5) is 43.1. The van der Waals surface area contributed by atoms with Gasteiger partial charge in [-0.3, -0.25) is 14.2 Å². The Hall–Kier alpha value is -3.92. The molecule has 1 N–H and O–H groups in total. The lowest BCUT2D eigenvalue weighted by Crippen LogP contribution is -2.27. The highest BCUT2D eigenvalue weighted by Gasteiger charge is 2.29. The lowest BCUT2D eigenvalue weighted by molar-refractivity contribution is -0.116. The van der Waals surface area contributed by atoms with Crippen LogP contribution in [0.15, 0.2) is 58.6 Å². The second-order valence-electron chi connectivity index (χ2n) is 9.44. The first-order chi connectivity index (χ1) is 18.4. The van der Waals surface area contributed by atoms with E-state index in [4.69, 9.17) is 9.72 Å². The normalized spacial score (nSPS) is 14.4. The molecule has 1 unspecified atom stereocenters. The van der Waals surface area contributed by atoms with Gasteiger partial charge in [-0.15, -0.1) is 0 Å². The quantitative estimate of drug-likeness (QED) is 0.197. The standard InChI is InChI=1S/C28H29N5O4S/c1-4-5-12-37-27(36)19-7-9-20(10-8-19)30-24(34)14-21-16-38-28-31-25-22(26(35)32(21)28)15-29-33(25)23-11-6-17(2)13-18(23)3/h6-11,13,15,21H,4-5,12,14,16H2,1-3H3,(H,30,34). The molecule has 3 heterocycles. The van der Waals surface area contributed by atoms with Crippen molar-refractivity contribution in [2.75, 3.05) is 17.7 Å². The van der Waals surface area contributed by atoms with Gasteiger partial charge in [-0.1, -0.05) is 42.8 Å². The van der Waals surface area contributed by atoms with Gasteiger partial charge in [0.2, 0.25) is 5.91 Å². The molecule has 5 rings (SSSR count). The summed E-state index contributed by atoms with van der Waals surface area (Å²) in [6.07, 6.45) is 3.44. The minimum absolute atomic E-state index is 0.124. The van der Waals surface area contributed by atoms with E-state index in [0.717, 1.165) is 29.7 Å². The van der Waals surface area contributed by atoms with Crippen LogP contribution in [0.4, 0.5) is 5.69 Å². The van der Waals surface area contributed by atoms with Crippen molar-refractivity contribution in [1.29, 1.82) is 0 Å². The highest BCUT2D eigenvalue weighted by Crippen LogP contribution is 2.34. The average Bonchev–Trinajstić information content (AvgIpc) is 3.49. The number of ether oxygens (including phenoxy) is 1. The lowest BCUT2D eigenvalue weighted by Gasteiger charge is -2.14. The SMILES string of the molecule is CCCCOC(=O)c1ccc(NC(=O)CC2CSc3nc4c(cnn4-c4ccc(C)cc4C)c(=O)n32)cc1. The van der Waals surface area contributed by atoms with Crippen LogP contribution in [0.2, 0.25) is 0 Å². The fourth-order valence-electron chi connectivity index (χ4n) is 4.51. The van der Waals surface area contributed by atoms with Crippen LogP contribution in [0.1, 0.15) is 53.7 Å². The molecule has 4 aromatic rings. The topological polar surface area (TPSA) is 108 Å². The van der Waals surface area contributed by atoms with E-state index in [1.54, 1.807) is 39.7 Å². The van der Waals surface area contributed by atoms with Gasteiger partial charge in [0.05, 0.1) is 30.1 Å². The number of nitrogens with zero attached hydrogens (tertiary/aromatic N) is 4. The van der Waals surface area contributed by atoms with E-state index in [0.29, 0.717) is 39.8 Å². The number of hydrogen-bond acceptors (Lipinski definition) is 7. The molecule has 2 aromatic heterocycles. The summed E-state index contributed by atoms with van der Waals surface area (Å²) >= 11 is 1.46. The van der Waals surface area contributed by atoms with Gasteiger partial charge in [-0.2, -0.15) is 5.10 Å². The van der Waals surface area contributed by atoms with Gasteiger partial charge < -0.3 is 10.1 Å². The van der Waals surface area contributed by atoms with Crippen molar-refractivity contribution < 1.29 is 14.3 Å². The summed E-state index contributed by atoms with van der Waals surface area (Å²) in [6, 6.07) is 12.3. The molecule has 2 aromatic carbocycles. The van der Waals surface area contributed by atoms with Crippen LogP contribution in [-0.2, 0) is 9.53 Å². The fraction of sp³-hybridized carbons (Fsp3) is 0.321. The third kappa shape index (κ3) is 5.08. The fourth-order valence-corrected chi connectivity index (χ4v) is 5.64. The van der Waals surface area contributed by atoms with Crippen molar-refractivity contribution in [1.82, 2.24) is 19.3 Å². The maximum atomic E-state index is 13.4. The Morgan fingerprint density at radius 1 is 1.16 bits per heavy atom. The Kier molecular flexibility index (Phi) is 7.33. The second kappa shape index (κ2) is 10.8. The van der Waals surface area contributed by atoms with E-state index in [9.17, 15) is 14.4 Å². The number of nitrogens with one attached hydrogen (secondary N) is 1. The maximum Gasteiger partial charge on any atom is 0.338 e. The summed E-state index contributed by atoms with van der Waals surface area (Å²) in [5.74, 6) is -0.0309. The van der Waals surface area contributed by atoms with Crippen LogP contribution in [0.25, 0.3) is 16.7 Å². The van der Waals surface area contributed by atoms with Crippen molar-refractivity contribution in [2.24, 2.45) is 0 Å². The average molecular weight is 532 g/mol. The molecule has 196 valence electrons. The summed E-state index contributed by atoms with van der Waals surface area (Å²) in [7, 11) is 0. The molecular weight excluding hydrogens is 502 g/mol. The summed E-state index contributed by atoms with van der Waals surface area (Å²) < 4.78 is 8.53. The summed E-state index contributed by atoms with van der Waals surface area (Å²) in [6.45, 7) is 6.46. The maximum absolute atomic E-state index is 13.4. The predicted octanol–water partition coefficient (Wildman–Crippen LogP) is 4.83.